The smallest absolute Gasteiger partial charge is 0.158 e. The summed E-state index contributed by atoms with van der Waals surface area (Å²) in [6.45, 7) is 2.00. The first-order valence-corrected chi connectivity index (χ1v) is 9.19. The van der Waals surface area contributed by atoms with E-state index in [4.69, 9.17) is 0 Å². The third-order valence-corrected chi connectivity index (χ3v) is 6.46. The lowest BCUT2D eigenvalue weighted by Gasteiger charge is -2.24. The van der Waals surface area contributed by atoms with Crippen LogP contribution in [0.1, 0.15) is 43.2 Å². The Morgan fingerprint density at radius 3 is 2.65 bits per heavy atom. The lowest BCUT2D eigenvalue weighted by molar-refractivity contribution is 0.480. The Bertz CT molecular complexity index is 539. The summed E-state index contributed by atoms with van der Waals surface area (Å²) in [6, 6.07) is 7.92. The van der Waals surface area contributed by atoms with Gasteiger partial charge in [-0.1, -0.05) is 49.1 Å². The quantitative estimate of drug-likeness (QED) is 0.869. The summed E-state index contributed by atoms with van der Waals surface area (Å²) < 4.78 is 25.5. The highest BCUT2D eigenvalue weighted by molar-refractivity contribution is 7.91. The van der Waals surface area contributed by atoms with Crippen LogP contribution in [0.4, 0.5) is 0 Å². The highest BCUT2D eigenvalue weighted by atomic mass is 32.2. The van der Waals surface area contributed by atoms with E-state index >= 15 is 0 Å². The summed E-state index contributed by atoms with van der Waals surface area (Å²) in [5.41, 5.74) is 2.02. The first-order chi connectivity index (χ1) is 9.53. The molecule has 2 rings (SSSR count). The van der Waals surface area contributed by atoms with E-state index in [1.165, 1.54) is 0 Å². The molecule has 0 amide bonds. The van der Waals surface area contributed by atoms with Crippen molar-refractivity contribution >= 4 is 9.84 Å². The molecule has 1 aromatic carbocycles. The molecule has 0 bridgehead atoms. The third-order valence-electron chi connectivity index (χ3n) is 4.23. The van der Waals surface area contributed by atoms with Crippen LogP contribution in [0.2, 0.25) is 0 Å². The van der Waals surface area contributed by atoms with Gasteiger partial charge in [-0.2, -0.15) is 0 Å². The largest absolute Gasteiger partial charge is 0.316 e. The average molecular weight is 295 g/mol. The fourth-order valence-electron chi connectivity index (χ4n) is 3.17. The summed E-state index contributed by atoms with van der Waals surface area (Å²) in [4.78, 5) is 0. The zero-order valence-corrected chi connectivity index (χ0v) is 13.2. The van der Waals surface area contributed by atoms with Gasteiger partial charge in [-0.3, -0.25) is 0 Å². The zero-order chi connectivity index (χ0) is 14.6. The second-order valence-corrected chi connectivity index (χ2v) is 8.09. The Hall–Kier alpha value is -0.870. The molecule has 20 heavy (non-hydrogen) atoms. The maximum Gasteiger partial charge on any atom is 0.158 e. The van der Waals surface area contributed by atoms with E-state index < -0.39 is 9.84 Å². The van der Waals surface area contributed by atoms with Crippen molar-refractivity contribution in [2.45, 2.75) is 56.1 Å². The molecule has 1 aliphatic rings. The van der Waals surface area contributed by atoms with Crippen LogP contribution in [0.5, 0.6) is 0 Å². The van der Waals surface area contributed by atoms with Gasteiger partial charge < -0.3 is 5.32 Å². The van der Waals surface area contributed by atoms with Gasteiger partial charge in [0.1, 0.15) is 0 Å². The number of rotatable bonds is 4. The highest BCUT2D eigenvalue weighted by Crippen LogP contribution is 2.26. The molecule has 1 N–H and O–H groups in total. The van der Waals surface area contributed by atoms with Gasteiger partial charge in [0, 0.05) is 6.04 Å². The first kappa shape index (κ1) is 15.5. The number of nitrogens with one attached hydrogen (secondary N) is 1. The topological polar surface area (TPSA) is 46.2 Å². The van der Waals surface area contributed by atoms with E-state index in [0.29, 0.717) is 0 Å². The predicted molar refractivity (Wildman–Crippen MR) is 83.5 cm³/mol. The van der Waals surface area contributed by atoms with Gasteiger partial charge in [0.2, 0.25) is 0 Å². The minimum Gasteiger partial charge on any atom is -0.316 e. The van der Waals surface area contributed by atoms with Crippen molar-refractivity contribution in [3.8, 4) is 0 Å². The van der Waals surface area contributed by atoms with E-state index in [2.05, 4.69) is 5.32 Å². The Balaban J connectivity index is 2.19. The molecule has 3 nitrogen and oxygen atoms in total. The van der Waals surface area contributed by atoms with E-state index in [1.807, 2.05) is 38.2 Å². The Morgan fingerprint density at radius 2 is 1.95 bits per heavy atom. The molecular weight excluding hydrogens is 270 g/mol. The van der Waals surface area contributed by atoms with Crippen LogP contribution in [0.15, 0.2) is 24.3 Å². The third kappa shape index (κ3) is 3.83. The van der Waals surface area contributed by atoms with Crippen LogP contribution in [0, 0.1) is 6.92 Å². The number of aryl methyl sites for hydroxylation is 1. The number of hydrogen-bond acceptors (Lipinski definition) is 3. The Kier molecular flexibility index (Phi) is 5.22. The molecule has 0 saturated heterocycles. The molecule has 1 saturated carbocycles. The molecule has 0 aromatic heterocycles. The van der Waals surface area contributed by atoms with Crippen LogP contribution in [0.25, 0.3) is 0 Å². The van der Waals surface area contributed by atoms with E-state index in [1.54, 1.807) is 0 Å². The van der Waals surface area contributed by atoms with Crippen molar-refractivity contribution in [2.75, 3.05) is 7.05 Å². The SMILES string of the molecule is CNC1CCCCCC1S(=O)(=O)Cc1cccc(C)c1. The van der Waals surface area contributed by atoms with Gasteiger partial charge in [0.15, 0.2) is 9.84 Å². The lowest BCUT2D eigenvalue weighted by atomic mass is 10.1. The average Bonchev–Trinajstić information content (AvgIpc) is 2.63. The van der Waals surface area contributed by atoms with Crippen molar-refractivity contribution in [3.63, 3.8) is 0 Å². The van der Waals surface area contributed by atoms with Crippen molar-refractivity contribution in [3.05, 3.63) is 35.4 Å². The number of benzene rings is 1. The maximum atomic E-state index is 12.7. The van der Waals surface area contributed by atoms with Gasteiger partial charge in [0.05, 0.1) is 11.0 Å². The van der Waals surface area contributed by atoms with Crippen LogP contribution in [0.3, 0.4) is 0 Å². The van der Waals surface area contributed by atoms with Gasteiger partial charge in [0.25, 0.3) is 0 Å². The zero-order valence-electron chi connectivity index (χ0n) is 12.4. The Labute approximate surface area is 122 Å². The molecule has 0 spiro atoms. The van der Waals surface area contributed by atoms with Gasteiger partial charge in [-0.15, -0.1) is 0 Å². The second-order valence-electron chi connectivity index (χ2n) is 5.87. The molecular formula is C16H25NO2S. The fourth-order valence-corrected chi connectivity index (χ4v) is 5.33. The number of sulfone groups is 1. The molecule has 0 aliphatic heterocycles. The normalized spacial score (nSPS) is 24.3. The van der Waals surface area contributed by atoms with Gasteiger partial charge >= 0.3 is 0 Å². The minimum absolute atomic E-state index is 0.104. The summed E-state index contributed by atoms with van der Waals surface area (Å²) >= 11 is 0. The molecule has 2 atom stereocenters. The van der Waals surface area contributed by atoms with Gasteiger partial charge in [-0.25, -0.2) is 8.42 Å². The Morgan fingerprint density at radius 1 is 1.20 bits per heavy atom. The molecule has 1 aliphatic carbocycles. The summed E-state index contributed by atoms with van der Waals surface area (Å²) in [5, 5.41) is 2.98. The minimum atomic E-state index is -3.10. The fraction of sp³-hybridized carbons (Fsp3) is 0.625. The van der Waals surface area contributed by atoms with Crippen LogP contribution in [-0.4, -0.2) is 26.8 Å². The number of hydrogen-bond donors (Lipinski definition) is 1. The molecule has 0 radical (unpaired) electrons. The van der Waals surface area contributed by atoms with Crippen molar-refractivity contribution < 1.29 is 8.42 Å². The van der Waals surface area contributed by atoms with Crippen molar-refractivity contribution in [1.29, 1.82) is 0 Å². The van der Waals surface area contributed by atoms with E-state index in [9.17, 15) is 8.42 Å². The van der Waals surface area contributed by atoms with Crippen molar-refractivity contribution in [2.24, 2.45) is 0 Å². The molecule has 4 heteroatoms. The van der Waals surface area contributed by atoms with Crippen LogP contribution >= 0.6 is 0 Å². The van der Waals surface area contributed by atoms with Gasteiger partial charge in [-0.05, 0) is 32.4 Å². The monoisotopic (exact) mass is 295 g/mol. The van der Waals surface area contributed by atoms with Crippen LogP contribution in [-0.2, 0) is 15.6 Å². The maximum absolute atomic E-state index is 12.7. The highest BCUT2D eigenvalue weighted by Gasteiger charge is 2.33. The second kappa shape index (κ2) is 6.72. The summed E-state index contributed by atoms with van der Waals surface area (Å²) in [5.74, 6) is 0.164. The molecule has 1 aromatic rings. The van der Waals surface area contributed by atoms with Crippen molar-refractivity contribution in [1.82, 2.24) is 5.32 Å². The summed E-state index contributed by atoms with van der Waals surface area (Å²) in [7, 11) is -1.22. The summed E-state index contributed by atoms with van der Waals surface area (Å²) in [6.07, 6.45) is 5.06. The molecule has 1 fully saturated rings. The molecule has 0 heterocycles. The van der Waals surface area contributed by atoms with Crippen LogP contribution < -0.4 is 5.32 Å². The predicted octanol–water partition coefficient (Wildman–Crippen LogP) is 2.83. The first-order valence-electron chi connectivity index (χ1n) is 7.47. The molecule has 112 valence electrons. The standard InChI is InChI=1S/C16H25NO2S/c1-13-7-6-8-14(11-13)12-20(18,19)16-10-5-3-4-9-15(16)17-2/h6-8,11,15-17H,3-5,9-10,12H2,1-2H3. The lowest BCUT2D eigenvalue weighted by Crippen LogP contribution is -2.42. The molecule has 2 unspecified atom stereocenters. The van der Waals surface area contributed by atoms with E-state index in [-0.39, 0.29) is 17.0 Å². The van der Waals surface area contributed by atoms with E-state index in [0.717, 1.165) is 43.2 Å².